The molecule has 21 heavy (non-hydrogen) atoms. The van der Waals surface area contributed by atoms with Gasteiger partial charge in [0, 0.05) is 0 Å². The van der Waals surface area contributed by atoms with Gasteiger partial charge >= 0.3 is 10.5 Å². The van der Waals surface area contributed by atoms with Gasteiger partial charge in [-0.05, 0) is 24.3 Å². The molecule has 5 nitrogen and oxygen atoms in total. The van der Waals surface area contributed by atoms with Crippen molar-refractivity contribution in [3.05, 3.63) is 54.6 Å². The van der Waals surface area contributed by atoms with Crippen LogP contribution in [0.3, 0.4) is 0 Å². The van der Waals surface area contributed by atoms with Crippen LogP contribution < -0.4 is 4.18 Å². The molecular formula is C12H9F2NO4S2. The maximum Gasteiger partial charge on any atom is 0.488 e. The summed E-state index contributed by atoms with van der Waals surface area (Å²) in [5.74, 6) is -0.554. The molecule has 0 radical (unpaired) electrons. The van der Waals surface area contributed by atoms with Gasteiger partial charge in [0.1, 0.15) is 5.69 Å². The van der Waals surface area contributed by atoms with E-state index in [1.54, 1.807) is 6.07 Å². The lowest BCUT2D eigenvalue weighted by Crippen LogP contribution is -2.01. The van der Waals surface area contributed by atoms with E-state index in [2.05, 4.69) is 8.55 Å². The lowest BCUT2D eigenvalue weighted by atomic mass is 10.3. The molecule has 0 N–H and O–H groups in total. The molecule has 0 saturated carbocycles. The summed E-state index contributed by atoms with van der Waals surface area (Å²) >= 11 is 0. The fourth-order valence-corrected chi connectivity index (χ4v) is 2.84. The third kappa shape index (κ3) is 4.23. The van der Waals surface area contributed by atoms with Crippen LogP contribution in [0.2, 0.25) is 0 Å². The van der Waals surface area contributed by atoms with E-state index in [-0.39, 0.29) is 10.6 Å². The van der Waals surface area contributed by atoms with Crippen LogP contribution in [0.1, 0.15) is 0 Å². The SMILES string of the molecule is O=S(=O)(F)Oc1ccccc1N=S(=O)(F)c1ccccc1. The zero-order chi connectivity index (χ0) is 15.5. The maximum atomic E-state index is 14.2. The Hall–Kier alpha value is -2.00. The van der Waals surface area contributed by atoms with Crippen molar-refractivity contribution in [2.45, 2.75) is 4.90 Å². The van der Waals surface area contributed by atoms with E-state index in [1.807, 2.05) is 0 Å². The van der Waals surface area contributed by atoms with E-state index in [9.17, 15) is 20.4 Å². The summed E-state index contributed by atoms with van der Waals surface area (Å²) < 4.78 is 67.1. The standard InChI is InChI=1S/C12H9F2NO4S2/c13-20(16,10-6-2-1-3-7-10)15-11-8-4-5-9-12(11)19-21(14,17)18/h1-9H. The van der Waals surface area contributed by atoms with Crippen molar-refractivity contribution in [2.24, 2.45) is 4.36 Å². The molecule has 2 aromatic rings. The third-order valence-corrected chi connectivity index (χ3v) is 3.97. The summed E-state index contributed by atoms with van der Waals surface area (Å²) in [5, 5.41) is 0. The Kier molecular flexibility index (Phi) is 4.24. The molecule has 0 aliphatic heterocycles. The van der Waals surface area contributed by atoms with Gasteiger partial charge in [0.05, 0.1) is 4.90 Å². The second-order valence-electron chi connectivity index (χ2n) is 3.81. The molecule has 2 aromatic carbocycles. The highest BCUT2D eigenvalue weighted by Gasteiger charge is 2.16. The van der Waals surface area contributed by atoms with Crippen molar-refractivity contribution in [1.29, 1.82) is 0 Å². The smallest absolute Gasteiger partial charge is 0.356 e. The minimum absolute atomic E-state index is 0.192. The second kappa shape index (κ2) is 5.78. The summed E-state index contributed by atoms with van der Waals surface area (Å²) in [6.07, 6.45) is 0. The molecule has 1 unspecified atom stereocenters. The third-order valence-electron chi connectivity index (χ3n) is 2.30. The lowest BCUT2D eigenvalue weighted by Gasteiger charge is -2.05. The van der Waals surface area contributed by atoms with E-state index >= 15 is 0 Å². The highest BCUT2D eigenvalue weighted by atomic mass is 32.3. The average Bonchev–Trinajstić information content (AvgIpc) is 2.40. The van der Waals surface area contributed by atoms with E-state index in [1.165, 1.54) is 36.4 Å². The molecule has 0 saturated heterocycles. The minimum atomic E-state index is -5.30. The Morgan fingerprint density at radius 2 is 1.43 bits per heavy atom. The normalized spacial score (nSPS) is 14.2. The van der Waals surface area contributed by atoms with Crippen molar-refractivity contribution >= 4 is 26.3 Å². The van der Waals surface area contributed by atoms with Gasteiger partial charge in [-0.25, -0.2) is 4.21 Å². The Bertz CT molecular complexity index is 860. The lowest BCUT2D eigenvalue weighted by molar-refractivity contribution is 0.440. The number of para-hydroxylation sites is 1. The number of halogens is 2. The average molecular weight is 333 g/mol. The quantitative estimate of drug-likeness (QED) is 0.805. The van der Waals surface area contributed by atoms with Crippen LogP contribution in [-0.4, -0.2) is 12.6 Å². The van der Waals surface area contributed by atoms with Crippen molar-refractivity contribution in [2.75, 3.05) is 0 Å². The maximum absolute atomic E-state index is 14.2. The van der Waals surface area contributed by atoms with Gasteiger partial charge < -0.3 is 4.18 Å². The molecule has 0 fully saturated rings. The van der Waals surface area contributed by atoms with Gasteiger partial charge in [0.25, 0.3) is 0 Å². The van der Waals surface area contributed by atoms with Gasteiger partial charge in [-0.3, -0.25) is 0 Å². The molecule has 0 bridgehead atoms. The zero-order valence-electron chi connectivity index (χ0n) is 10.3. The van der Waals surface area contributed by atoms with Crippen LogP contribution in [0.4, 0.5) is 13.5 Å². The first-order valence-electron chi connectivity index (χ1n) is 5.53. The number of rotatable bonds is 4. The Morgan fingerprint density at radius 1 is 0.857 bits per heavy atom. The fraction of sp³-hybridized carbons (Fsp3) is 0. The summed E-state index contributed by atoms with van der Waals surface area (Å²) in [4.78, 5) is -0.192. The summed E-state index contributed by atoms with van der Waals surface area (Å²) in [6.45, 7) is 0. The molecule has 112 valence electrons. The molecule has 0 amide bonds. The topological polar surface area (TPSA) is 72.8 Å². The first-order valence-corrected chi connectivity index (χ1v) is 8.25. The molecule has 1 atom stereocenters. The van der Waals surface area contributed by atoms with E-state index in [0.717, 1.165) is 12.1 Å². The first-order chi connectivity index (χ1) is 9.78. The van der Waals surface area contributed by atoms with Crippen molar-refractivity contribution in [1.82, 2.24) is 0 Å². The minimum Gasteiger partial charge on any atom is -0.356 e. The van der Waals surface area contributed by atoms with Gasteiger partial charge in [-0.1, -0.05) is 34.2 Å². The number of hydrogen-bond acceptors (Lipinski definition) is 5. The molecule has 9 heteroatoms. The van der Waals surface area contributed by atoms with Crippen LogP contribution >= 0.6 is 0 Å². The van der Waals surface area contributed by atoms with Crippen LogP contribution in [0.15, 0.2) is 63.9 Å². The van der Waals surface area contributed by atoms with Gasteiger partial charge in [-0.15, -0.1) is 3.89 Å². The molecule has 0 spiro atoms. The van der Waals surface area contributed by atoms with E-state index in [0.29, 0.717) is 0 Å². The number of benzene rings is 2. The van der Waals surface area contributed by atoms with Crippen LogP contribution in [0.5, 0.6) is 5.75 Å². The van der Waals surface area contributed by atoms with Crippen molar-refractivity contribution < 1.29 is 24.6 Å². The molecule has 0 aromatic heterocycles. The predicted molar refractivity (Wildman–Crippen MR) is 73.1 cm³/mol. The molecular weight excluding hydrogens is 324 g/mol. The van der Waals surface area contributed by atoms with Crippen LogP contribution in [0, 0.1) is 0 Å². The Morgan fingerprint density at radius 3 is 2.05 bits per heavy atom. The summed E-state index contributed by atoms with van der Waals surface area (Å²) in [7, 11) is -9.61. The van der Waals surface area contributed by atoms with Crippen molar-refractivity contribution in [3.8, 4) is 5.75 Å². The monoisotopic (exact) mass is 333 g/mol. The number of hydrogen-bond donors (Lipinski definition) is 0. The highest BCUT2D eigenvalue weighted by molar-refractivity contribution is 7.88. The highest BCUT2D eigenvalue weighted by Crippen LogP contribution is 2.31. The zero-order valence-corrected chi connectivity index (χ0v) is 12.0. The summed E-state index contributed by atoms with van der Waals surface area (Å²) in [6, 6.07) is 12.0. The van der Waals surface area contributed by atoms with E-state index < -0.39 is 26.4 Å². The number of nitrogens with zero attached hydrogens (tertiary/aromatic N) is 1. The molecule has 0 aliphatic carbocycles. The first kappa shape index (κ1) is 15.4. The van der Waals surface area contributed by atoms with E-state index in [4.69, 9.17) is 0 Å². The van der Waals surface area contributed by atoms with Gasteiger partial charge in [0.2, 0.25) is 10.1 Å². The molecule has 0 aliphatic rings. The fourth-order valence-electron chi connectivity index (χ4n) is 1.48. The Balaban J connectivity index is 2.53. The molecule has 2 rings (SSSR count). The largest absolute Gasteiger partial charge is 0.488 e. The predicted octanol–water partition coefficient (Wildman–Crippen LogP) is 3.32. The molecule has 0 heterocycles. The second-order valence-corrected chi connectivity index (χ2v) is 6.33. The van der Waals surface area contributed by atoms with Crippen LogP contribution in [-0.2, 0) is 20.6 Å². The Labute approximate surface area is 121 Å². The van der Waals surface area contributed by atoms with Crippen molar-refractivity contribution in [3.63, 3.8) is 0 Å². The van der Waals surface area contributed by atoms with Gasteiger partial charge in [-0.2, -0.15) is 12.8 Å². The van der Waals surface area contributed by atoms with Crippen LogP contribution in [0.25, 0.3) is 0 Å². The summed E-state index contributed by atoms with van der Waals surface area (Å²) in [5.41, 5.74) is -0.380. The van der Waals surface area contributed by atoms with Gasteiger partial charge in [0.15, 0.2) is 5.75 Å².